The van der Waals surface area contributed by atoms with E-state index in [1.165, 1.54) is 11.2 Å². The number of amides is 1. The van der Waals surface area contributed by atoms with E-state index in [1.807, 2.05) is 0 Å². The number of hydrogen-bond acceptors (Lipinski definition) is 6. The van der Waals surface area contributed by atoms with Gasteiger partial charge in [0.25, 0.3) is 0 Å². The molecule has 10 heteroatoms. The monoisotopic (exact) mass is 498 g/mol. The molecule has 1 N–H and O–H groups in total. The van der Waals surface area contributed by atoms with Crippen molar-refractivity contribution in [2.24, 2.45) is 0 Å². The second-order valence-corrected chi connectivity index (χ2v) is 10.5. The molecule has 1 aliphatic rings. The number of imidazole rings is 1. The predicted octanol–water partition coefficient (Wildman–Crippen LogP) is 3.24. The Morgan fingerprint density at radius 1 is 1.09 bits per heavy atom. The summed E-state index contributed by atoms with van der Waals surface area (Å²) in [5, 5.41) is 2.85. The molecule has 1 fully saturated rings. The lowest BCUT2D eigenvalue weighted by Gasteiger charge is -2.26. The summed E-state index contributed by atoms with van der Waals surface area (Å²) < 4.78 is 34.9. The molecule has 0 spiro atoms. The van der Waals surface area contributed by atoms with E-state index in [2.05, 4.69) is 16.8 Å². The number of nitrogens with zero attached hydrogens (tertiary/aromatic N) is 3. The van der Waals surface area contributed by atoms with Crippen LogP contribution in [0.15, 0.2) is 47.4 Å². The normalized spacial score (nSPS) is 14.8. The summed E-state index contributed by atoms with van der Waals surface area (Å²) in [5.41, 5.74) is 2.66. The fourth-order valence-electron chi connectivity index (χ4n) is 4.16. The third-order valence-corrected chi connectivity index (χ3v) is 7.90. The number of carbonyl (C=O) groups is 2. The zero-order valence-corrected chi connectivity index (χ0v) is 20.8. The van der Waals surface area contributed by atoms with Crippen molar-refractivity contribution in [3.05, 3.63) is 53.9 Å². The van der Waals surface area contributed by atoms with Crippen molar-refractivity contribution in [3.8, 4) is 0 Å². The topological polar surface area (TPSA) is 111 Å². The van der Waals surface area contributed by atoms with Crippen molar-refractivity contribution < 1.29 is 22.7 Å². The van der Waals surface area contributed by atoms with Gasteiger partial charge in [0.2, 0.25) is 15.9 Å². The van der Waals surface area contributed by atoms with E-state index in [4.69, 9.17) is 9.72 Å². The van der Waals surface area contributed by atoms with E-state index in [9.17, 15) is 18.0 Å². The van der Waals surface area contributed by atoms with Crippen LogP contribution >= 0.6 is 0 Å². The first-order chi connectivity index (χ1) is 16.8. The van der Waals surface area contributed by atoms with Crippen LogP contribution < -0.4 is 5.32 Å². The third kappa shape index (κ3) is 5.61. The van der Waals surface area contributed by atoms with Crippen LogP contribution in [0.5, 0.6) is 0 Å². The molecule has 0 unspecified atom stereocenters. The van der Waals surface area contributed by atoms with E-state index >= 15 is 0 Å². The molecule has 0 atom stereocenters. The van der Waals surface area contributed by atoms with Gasteiger partial charge in [0, 0.05) is 43.7 Å². The Kier molecular flexibility index (Phi) is 7.63. The summed E-state index contributed by atoms with van der Waals surface area (Å²) in [6.07, 6.45) is 1.51. The number of sulfonamides is 1. The molecule has 0 saturated carbocycles. The molecule has 35 heavy (non-hydrogen) atoms. The molecule has 1 aromatic heterocycles. The summed E-state index contributed by atoms with van der Waals surface area (Å²) in [6.45, 7) is 5.72. The minimum Gasteiger partial charge on any atom is -0.379 e. The molecule has 2 aromatic carbocycles. The largest absolute Gasteiger partial charge is 0.379 e. The van der Waals surface area contributed by atoms with Crippen LogP contribution in [-0.4, -0.2) is 60.3 Å². The first kappa shape index (κ1) is 25.0. The molecule has 1 saturated heterocycles. The molecule has 1 amide bonds. The van der Waals surface area contributed by atoms with Crippen LogP contribution in [0.2, 0.25) is 0 Å². The van der Waals surface area contributed by atoms with E-state index in [0.717, 1.165) is 24.3 Å². The van der Waals surface area contributed by atoms with Crippen LogP contribution in [0.4, 0.5) is 5.69 Å². The second-order valence-electron chi connectivity index (χ2n) is 8.53. The Labute approximate surface area is 205 Å². The summed E-state index contributed by atoms with van der Waals surface area (Å²) in [5.74, 6) is 0.551. The van der Waals surface area contributed by atoms with Crippen LogP contribution in [0.25, 0.3) is 11.0 Å². The molecule has 186 valence electrons. The average Bonchev–Trinajstić information content (AvgIpc) is 3.20. The maximum Gasteiger partial charge on any atom is 0.243 e. The molecule has 1 aliphatic heterocycles. The Morgan fingerprint density at radius 3 is 2.46 bits per heavy atom. The Balaban J connectivity index is 1.51. The number of rotatable bonds is 9. The number of fused-ring (bicyclic) bond motifs is 1. The average molecular weight is 499 g/mol. The van der Waals surface area contributed by atoms with Gasteiger partial charge in [0.15, 0.2) is 5.78 Å². The van der Waals surface area contributed by atoms with Crippen molar-refractivity contribution in [3.63, 3.8) is 0 Å². The first-order valence-corrected chi connectivity index (χ1v) is 13.2. The van der Waals surface area contributed by atoms with Crippen molar-refractivity contribution >= 4 is 38.4 Å². The van der Waals surface area contributed by atoms with E-state index in [0.29, 0.717) is 49.5 Å². The lowest BCUT2D eigenvalue weighted by molar-refractivity contribution is -0.116. The van der Waals surface area contributed by atoms with E-state index in [1.54, 1.807) is 42.5 Å². The lowest BCUT2D eigenvalue weighted by Crippen LogP contribution is -2.40. The van der Waals surface area contributed by atoms with Crippen LogP contribution in [0, 0.1) is 0 Å². The number of anilines is 1. The van der Waals surface area contributed by atoms with Gasteiger partial charge < -0.3 is 14.6 Å². The number of ether oxygens (including phenoxy) is 1. The number of ketones is 1. The molecular weight excluding hydrogens is 468 g/mol. The highest BCUT2D eigenvalue weighted by molar-refractivity contribution is 7.89. The number of nitrogens with one attached hydrogen (secondary N) is 1. The minimum absolute atomic E-state index is 0.0291. The fourth-order valence-corrected chi connectivity index (χ4v) is 5.59. The number of Topliss-reactive ketones (excluding diaryl/α,β-unsaturated/α-hetero) is 1. The quantitative estimate of drug-likeness (QED) is 0.454. The van der Waals surface area contributed by atoms with Crippen LogP contribution in [0.3, 0.4) is 0 Å². The maximum atomic E-state index is 13.1. The van der Waals surface area contributed by atoms with Crippen molar-refractivity contribution in [1.29, 1.82) is 0 Å². The zero-order chi connectivity index (χ0) is 25.0. The lowest BCUT2D eigenvalue weighted by atomic mass is 10.1. The molecule has 0 bridgehead atoms. The molecule has 9 nitrogen and oxygen atoms in total. The SMILES string of the molecule is CCCn1c(CCC(=O)Nc2ccc(C(C)=O)cc2)nc2cc(S(=O)(=O)N3CCOCC3)ccc21. The van der Waals surface area contributed by atoms with Gasteiger partial charge in [-0.1, -0.05) is 6.92 Å². The molecule has 0 aliphatic carbocycles. The van der Waals surface area contributed by atoms with Crippen molar-refractivity contribution in [2.75, 3.05) is 31.6 Å². The van der Waals surface area contributed by atoms with Gasteiger partial charge in [0.05, 0.1) is 29.1 Å². The Hall–Kier alpha value is -3.08. The maximum absolute atomic E-state index is 13.1. The second kappa shape index (κ2) is 10.7. The fraction of sp³-hybridized carbons (Fsp3) is 0.400. The highest BCUT2D eigenvalue weighted by Gasteiger charge is 2.27. The number of benzene rings is 2. The summed E-state index contributed by atoms with van der Waals surface area (Å²) in [7, 11) is -3.62. The summed E-state index contributed by atoms with van der Waals surface area (Å²) in [6, 6.07) is 11.8. The molecule has 0 radical (unpaired) electrons. The highest BCUT2D eigenvalue weighted by atomic mass is 32.2. The Morgan fingerprint density at radius 2 is 1.80 bits per heavy atom. The number of aromatic nitrogens is 2. The van der Waals surface area contributed by atoms with Gasteiger partial charge >= 0.3 is 0 Å². The predicted molar refractivity (Wildman–Crippen MR) is 133 cm³/mol. The zero-order valence-electron chi connectivity index (χ0n) is 20.0. The minimum atomic E-state index is -3.62. The number of aryl methyl sites for hydroxylation is 2. The summed E-state index contributed by atoms with van der Waals surface area (Å²) in [4.78, 5) is 28.9. The van der Waals surface area contributed by atoms with Crippen LogP contribution in [-0.2, 0) is 32.5 Å². The number of morpholine rings is 1. The first-order valence-electron chi connectivity index (χ1n) is 11.8. The molecular formula is C25H30N4O5S. The molecule has 4 rings (SSSR count). The standard InChI is InChI=1S/C25H30N4O5S/c1-3-12-29-23-9-8-21(35(32,33)28-13-15-34-16-14-28)17-22(23)27-24(29)10-11-25(31)26-20-6-4-19(5-7-20)18(2)30/h4-9,17H,3,10-16H2,1-2H3,(H,26,31). The van der Waals surface area contributed by atoms with Gasteiger partial charge in [-0.3, -0.25) is 9.59 Å². The van der Waals surface area contributed by atoms with E-state index in [-0.39, 0.29) is 23.0 Å². The van der Waals surface area contributed by atoms with Crippen molar-refractivity contribution in [1.82, 2.24) is 13.9 Å². The number of carbonyl (C=O) groups excluding carboxylic acids is 2. The van der Waals surface area contributed by atoms with Gasteiger partial charge in [-0.05, 0) is 55.8 Å². The van der Waals surface area contributed by atoms with E-state index < -0.39 is 10.0 Å². The summed E-state index contributed by atoms with van der Waals surface area (Å²) >= 11 is 0. The van der Waals surface area contributed by atoms with Crippen molar-refractivity contribution in [2.45, 2.75) is 44.6 Å². The van der Waals surface area contributed by atoms with Gasteiger partial charge in [-0.15, -0.1) is 0 Å². The number of hydrogen-bond donors (Lipinski definition) is 1. The highest BCUT2D eigenvalue weighted by Crippen LogP contribution is 2.24. The smallest absolute Gasteiger partial charge is 0.243 e. The third-order valence-electron chi connectivity index (χ3n) is 6.00. The van der Waals surface area contributed by atoms with Gasteiger partial charge in [0.1, 0.15) is 5.82 Å². The molecule has 3 aromatic rings. The van der Waals surface area contributed by atoms with Gasteiger partial charge in [-0.25, -0.2) is 13.4 Å². The molecule has 2 heterocycles. The Bertz CT molecular complexity index is 1330. The van der Waals surface area contributed by atoms with Gasteiger partial charge in [-0.2, -0.15) is 4.31 Å². The van der Waals surface area contributed by atoms with Crippen LogP contribution in [0.1, 0.15) is 42.9 Å².